The van der Waals surface area contributed by atoms with Crippen molar-refractivity contribution in [3.05, 3.63) is 0 Å². The van der Waals surface area contributed by atoms with E-state index in [1.54, 1.807) is 0 Å². The highest BCUT2D eigenvalue weighted by molar-refractivity contribution is 4.76. The second-order valence-electron chi connectivity index (χ2n) is 5.26. The van der Waals surface area contributed by atoms with Crippen molar-refractivity contribution < 1.29 is 0 Å². The molecule has 3 nitrogen and oxygen atoms in total. The van der Waals surface area contributed by atoms with Gasteiger partial charge in [0.05, 0.1) is 0 Å². The molecule has 0 radical (unpaired) electrons. The van der Waals surface area contributed by atoms with Crippen LogP contribution in [0.2, 0.25) is 0 Å². The molecule has 2 atom stereocenters. The molecular formula is C13H29N3. The average Bonchev–Trinajstić information content (AvgIpc) is 2.40. The number of nitrogens with zero attached hydrogens (tertiary/aromatic N) is 2. The summed E-state index contributed by atoms with van der Waals surface area (Å²) in [5.74, 6) is 0. The monoisotopic (exact) mass is 227 g/mol. The highest BCUT2D eigenvalue weighted by Gasteiger charge is 2.18. The van der Waals surface area contributed by atoms with E-state index < -0.39 is 0 Å². The molecule has 1 aliphatic heterocycles. The largest absolute Gasteiger partial charge is 0.313 e. The van der Waals surface area contributed by atoms with Crippen LogP contribution in [0, 0.1) is 0 Å². The lowest BCUT2D eigenvalue weighted by atomic mass is 10.2. The van der Waals surface area contributed by atoms with Gasteiger partial charge in [0, 0.05) is 31.7 Å². The molecule has 1 fully saturated rings. The quantitative estimate of drug-likeness (QED) is 0.766. The maximum absolute atomic E-state index is 3.58. The number of rotatable bonds is 5. The maximum atomic E-state index is 3.58. The summed E-state index contributed by atoms with van der Waals surface area (Å²) < 4.78 is 0. The molecule has 0 aromatic heterocycles. The fourth-order valence-electron chi connectivity index (χ4n) is 2.35. The molecule has 1 heterocycles. The van der Waals surface area contributed by atoms with Crippen molar-refractivity contribution >= 4 is 0 Å². The molecule has 1 N–H and O–H groups in total. The summed E-state index contributed by atoms with van der Waals surface area (Å²) in [4.78, 5) is 5.08. The minimum atomic E-state index is 0.657. The Bertz CT molecular complexity index is 184. The highest BCUT2D eigenvalue weighted by Crippen LogP contribution is 2.07. The van der Waals surface area contributed by atoms with Crippen LogP contribution >= 0.6 is 0 Å². The van der Waals surface area contributed by atoms with Crippen LogP contribution in [-0.4, -0.2) is 61.7 Å². The Balaban J connectivity index is 2.24. The van der Waals surface area contributed by atoms with Crippen molar-refractivity contribution in [2.45, 2.75) is 45.7 Å². The summed E-state index contributed by atoms with van der Waals surface area (Å²) in [5.41, 5.74) is 0. The predicted molar refractivity (Wildman–Crippen MR) is 70.9 cm³/mol. The van der Waals surface area contributed by atoms with Crippen molar-refractivity contribution in [2.75, 3.05) is 39.8 Å². The van der Waals surface area contributed by atoms with Crippen molar-refractivity contribution in [3.8, 4) is 0 Å². The highest BCUT2D eigenvalue weighted by atomic mass is 15.2. The van der Waals surface area contributed by atoms with E-state index in [9.17, 15) is 0 Å². The summed E-state index contributed by atoms with van der Waals surface area (Å²) in [6.45, 7) is 12.9. The summed E-state index contributed by atoms with van der Waals surface area (Å²) in [7, 11) is 2.23. The first kappa shape index (κ1) is 13.9. The fraction of sp³-hybridized carbons (Fsp3) is 1.00. The molecule has 0 bridgehead atoms. The molecule has 0 aromatic rings. The standard InChI is InChI=1S/C13H29N3/c1-5-12(2)14-7-10-16-9-6-8-15(4)11-13(16)3/h12-14H,5-11H2,1-4H3. The topological polar surface area (TPSA) is 18.5 Å². The third-order valence-corrected chi connectivity index (χ3v) is 3.69. The summed E-state index contributed by atoms with van der Waals surface area (Å²) >= 11 is 0. The van der Waals surface area contributed by atoms with Gasteiger partial charge in [0.15, 0.2) is 0 Å². The molecule has 0 aromatic carbocycles. The van der Waals surface area contributed by atoms with Gasteiger partial charge in [-0.1, -0.05) is 6.92 Å². The van der Waals surface area contributed by atoms with Crippen molar-refractivity contribution in [1.82, 2.24) is 15.1 Å². The molecule has 3 heteroatoms. The Morgan fingerprint density at radius 2 is 2.12 bits per heavy atom. The van der Waals surface area contributed by atoms with Crippen molar-refractivity contribution in [1.29, 1.82) is 0 Å². The van der Waals surface area contributed by atoms with Crippen LogP contribution in [0.25, 0.3) is 0 Å². The molecule has 96 valence electrons. The summed E-state index contributed by atoms with van der Waals surface area (Å²) in [6.07, 6.45) is 2.53. The van der Waals surface area contributed by atoms with Gasteiger partial charge in [0.2, 0.25) is 0 Å². The zero-order valence-electron chi connectivity index (χ0n) is 11.5. The van der Waals surface area contributed by atoms with E-state index >= 15 is 0 Å². The number of likely N-dealkylation sites (N-methyl/N-ethyl adjacent to an activating group) is 1. The van der Waals surface area contributed by atoms with Gasteiger partial charge >= 0.3 is 0 Å². The smallest absolute Gasteiger partial charge is 0.0195 e. The summed E-state index contributed by atoms with van der Waals surface area (Å²) in [5, 5.41) is 3.58. The number of hydrogen-bond donors (Lipinski definition) is 1. The first-order valence-electron chi connectivity index (χ1n) is 6.79. The number of hydrogen-bond acceptors (Lipinski definition) is 3. The minimum Gasteiger partial charge on any atom is -0.313 e. The average molecular weight is 227 g/mol. The van der Waals surface area contributed by atoms with Gasteiger partial charge < -0.3 is 10.2 Å². The van der Waals surface area contributed by atoms with Crippen molar-refractivity contribution in [3.63, 3.8) is 0 Å². The third-order valence-electron chi connectivity index (χ3n) is 3.69. The van der Waals surface area contributed by atoms with Gasteiger partial charge in [-0.25, -0.2) is 0 Å². The molecule has 1 aliphatic rings. The van der Waals surface area contributed by atoms with Crippen LogP contribution in [0.15, 0.2) is 0 Å². The Hall–Kier alpha value is -0.120. The van der Waals surface area contributed by atoms with Gasteiger partial charge in [0.1, 0.15) is 0 Å². The Kier molecular flexibility index (Phi) is 6.32. The van der Waals surface area contributed by atoms with Gasteiger partial charge in [-0.05, 0) is 46.8 Å². The van der Waals surface area contributed by atoms with Gasteiger partial charge in [0.25, 0.3) is 0 Å². The van der Waals surface area contributed by atoms with E-state index in [0.717, 1.165) is 6.54 Å². The Morgan fingerprint density at radius 1 is 1.38 bits per heavy atom. The molecule has 1 saturated heterocycles. The molecular weight excluding hydrogens is 198 g/mol. The molecule has 0 amide bonds. The second kappa shape index (κ2) is 7.25. The SMILES string of the molecule is CCC(C)NCCN1CCCN(C)CC1C. The molecule has 0 saturated carbocycles. The Labute approximate surface area is 101 Å². The van der Waals surface area contributed by atoms with Gasteiger partial charge in [-0.15, -0.1) is 0 Å². The molecule has 1 rings (SSSR count). The Morgan fingerprint density at radius 3 is 2.81 bits per heavy atom. The molecule has 16 heavy (non-hydrogen) atoms. The van der Waals surface area contributed by atoms with Crippen LogP contribution in [0.4, 0.5) is 0 Å². The predicted octanol–water partition coefficient (Wildman–Crippen LogP) is 1.40. The minimum absolute atomic E-state index is 0.657. The van der Waals surface area contributed by atoms with E-state index in [0.29, 0.717) is 12.1 Å². The number of nitrogens with one attached hydrogen (secondary N) is 1. The molecule has 0 aliphatic carbocycles. The van der Waals surface area contributed by atoms with E-state index in [1.165, 1.54) is 39.0 Å². The lowest BCUT2D eigenvalue weighted by Gasteiger charge is -2.28. The fourth-order valence-corrected chi connectivity index (χ4v) is 2.35. The van der Waals surface area contributed by atoms with E-state index in [-0.39, 0.29) is 0 Å². The van der Waals surface area contributed by atoms with Crippen molar-refractivity contribution in [2.24, 2.45) is 0 Å². The second-order valence-corrected chi connectivity index (χ2v) is 5.26. The zero-order valence-corrected chi connectivity index (χ0v) is 11.5. The van der Waals surface area contributed by atoms with Crippen LogP contribution < -0.4 is 5.32 Å². The van der Waals surface area contributed by atoms with E-state index in [1.807, 2.05) is 0 Å². The lowest BCUT2D eigenvalue weighted by Crippen LogP contribution is -2.42. The van der Waals surface area contributed by atoms with Gasteiger partial charge in [-0.2, -0.15) is 0 Å². The van der Waals surface area contributed by atoms with Gasteiger partial charge in [-0.3, -0.25) is 4.90 Å². The van der Waals surface area contributed by atoms with E-state index in [4.69, 9.17) is 0 Å². The first-order chi connectivity index (χ1) is 7.63. The zero-order chi connectivity index (χ0) is 12.0. The molecule has 0 spiro atoms. The maximum Gasteiger partial charge on any atom is 0.0195 e. The van der Waals surface area contributed by atoms with E-state index in [2.05, 4.69) is 42.9 Å². The van der Waals surface area contributed by atoms with Crippen LogP contribution in [0.1, 0.15) is 33.6 Å². The van der Waals surface area contributed by atoms with Crippen LogP contribution in [0.3, 0.4) is 0 Å². The third kappa shape index (κ3) is 4.81. The van der Waals surface area contributed by atoms with Crippen LogP contribution in [-0.2, 0) is 0 Å². The molecule has 2 unspecified atom stereocenters. The normalized spacial score (nSPS) is 26.6. The first-order valence-corrected chi connectivity index (χ1v) is 6.79. The van der Waals surface area contributed by atoms with Crippen LogP contribution in [0.5, 0.6) is 0 Å². The summed E-state index contributed by atoms with van der Waals surface area (Å²) in [6, 6.07) is 1.36. The lowest BCUT2D eigenvalue weighted by molar-refractivity contribution is 0.201.